The summed E-state index contributed by atoms with van der Waals surface area (Å²) in [5.41, 5.74) is 3.60. The van der Waals surface area contributed by atoms with Crippen LogP contribution >= 0.6 is 0 Å². The van der Waals surface area contributed by atoms with Crippen molar-refractivity contribution < 1.29 is 13.2 Å². The zero-order chi connectivity index (χ0) is 14.7. The van der Waals surface area contributed by atoms with Crippen molar-refractivity contribution in [1.82, 2.24) is 5.43 Å². The second-order valence-electron chi connectivity index (χ2n) is 4.64. The molecule has 0 bridgehead atoms. The van der Waals surface area contributed by atoms with Gasteiger partial charge in [-0.3, -0.25) is 11.3 Å². The molecule has 0 aliphatic carbocycles. The highest BCUT2D eigenvalue weighted by Crippen LogP contribution is 2.24. The van der Waals surface area contributed by atoms with Gasteiger partial charge in [0.15, 0.2) is 0 Å². The van der Waals surface area contributed by atoms with E-state index in [1.807, 2.05) is 0 Å². The van der Waals surface area contributed by atoms with Gasteiger partial charge in [-0.15, -0.1) is 0 Å². The third-order valence-electron chi connectivity index (χ3n) is 3.24. The fourth-order valence-corrected chi connectivity index (χ4v) is 2.11. The van der Waals surface area contributed by atoms with E-state index in [-0.39, 0.29) is 17.8 Å². The molecule has 0 aliphatic rings. The van der Waals surface area contributed by atoms with Crippen LogP contribution in [0, 0.1) is 24.4 Å². The van der Waals surface area contributed by atoms with Crippen LogP contribution in [0.1, 0.15) is 22.7 Å². The van der Waals surface area contributed by atoms with Gasteiger partial charge in [0.25, 0.3) is 0 Å². The van der Waals surface area contributed by atoms with Crippen LogP contribution in [0.25, 0.3) is 0 Å². The van der Waals surface area contributed by atoms with E-state index >= 15 is 0 Å². The molecule has 0 saturated carbocycles. The second kappa shape index (κ2) is 6.07. The van der Waals surface area contributed by atoms with Crippen molar-refractivity contribution in [2.24, 2.45) is 5.84 Å². The summed E-state index contributed by atoms with van der Waals surface area (Å²) in [5, 5.41) is 0. The van der Waals surface area contributed by atoms with Crippen LogP contribution in [-0.4, -0.2) is 0 Å². The topological polar surface area (TPSA) is 38.0 Å². The Hall–Kier alpha value is -1.85. The lowest BCUT2D eigenvalue weighted by Crippen LogP contribution is -2.30. The summed E-state index contributed by atoms with van der Waals surface area (Å²) < 4.78 is 40.6. The summed E-state index contributed by atoms with van der Waals surface area (Å²) in [5.74, 6) is 3.75. The number of nitrogens with one attached hydrogen (secondary N) is 1. The fourth-order valence-electron chi connectivity index (χ4n) is 2.11. The Balaban J connectivity index is 2.31. The Kier molecular flexibility index (Phi) is 4.42. The summed E-state index contributed by atoms with van der Waals surface area (Å²) in [6.45, 7) is 1.64. The first-order valence-electron chi connectivity index (χ1n) is 6.18. The van der Waals surface area contributed by atoms with E-state index in [0.717, 1.165) is 6.07 Å². The lowest BCUT2D eigenvalue weighted by molar-refractivity contribution is 0.493. The molecule has 0 heterocycles. The van der Waals surface area contributed by atoms with Gasteiger partial charge in [0.1, 0.15) is 17.5 Å². The summed E-state index contributed by atoms with van der Waals surface area (Å²) in [4.78, 5) is 0. The largest absolute Gasteiger partial charge is 0.271 e. The third-order valence-corrected chi connectivity index (χ3v) is 3.24. The molecule has 0 aliphatic heterocycles. The molecule has 2 rings (SSSR count). The smallest absolute Gasteiger partial charge is 0.130 e. The van der Waals surface area contributed by atoms with Crippen molar-refractivity contribution in [3.05, 3.63) is 70.5 Å². The Bertz CT molecular complexity index is 614. The number of halogens is 3. The Morgan fingerprint density at radius 2 is 1.90 bits per heavy atom. The van der Waals surface area contributed by atoms with Crippen LogP contribution in [-0.2, 0) is 6.42 Å². The third kappa shape index (κ3) is 3.00. The van der Waals surface area contributed by atoms with Crippen molar-refractivity contribution >= 4 is 0 Å². The molecule has 0 fully saturated rings. The SMILES string of the molecule is Cc1cccc(C(Cc2ccc(F)cc2F)NN)c1F. The molecule has 2 aromatic carbocycles. The minimum Gasteiger partial charge on any atom is -0.271 e. The first kappa shape index (κ1) is 14.6. The molecule has 2 aromatic rings. The molecule has 1 unspecified atom stereocenters. The Labute approximate surface area is 115 Å². The maximum absolute atomic E-state index is 14.1. The summed E-state index contributed by atoms with van der Waals surface area (Å²) in [6.07, 6.45) is 0.128. The van der Waals surface area contributed by atoms with Gasteiger partial charge in [0.05, 0.1) is 6.04 Å². The molecule has 2 nitrogen and oxygen atoms in total. The van der Waals surface area contributed by atoms with Gasteiger partial charge in [-0.05, 0) is 30.5 Å². The van der Waals surface area contributed by atoms with Gasteiger partial charge in [-0.2, -0.15) is 0 Å². The van der Waals surface area contributed by atoms with Crippen LogP contribution in [0.4, 0.5) is 13.2 Å². The van der Waals surface area contributed by atoms with Gasteiger partial charge in [-0.25, -0.2) is 13.2 Å². The number of nitrogens with two attached hydrogens (primary N) is 1. The van der Waals surface area contributed by atoms with Gasteiger partial charge in [-0.1, -0.05) is 24.3 Å². The maximum atomic E-state index is 14.1. The fraction of sp³-hybridized carbons (Fsp3) is 0.200. The highest BCUT2D eigenvalue weighted by Gasteiger charge is 2.18. The molecule has 20 heavy (non-hydrogen) atoms. The molecule has 1 atom stereocenters. The summed E-state index contributed by atoms with van der Waals surface area (Å²) >= 11 is 0. The lowest BCUT2D eigenvalue weighted by atomic mass is 9.97. The van der Waals surface area contributed by atoms with Crippen LogP contribution in [0.5, 0.6) is 0 Å². The molecule has 0 radical (unpaired) electrons. The Morgan fingerprint density at radius 1 is 1.15 bits per heavy atom. The van der Waals surface area contributed by atoms with E-state index in [1.54, 1.807) is 25.1 Å². The number of benzene rings is 2. The summed E-state index contributed by atoms with van der Waals surface area (Å²) in [7, 11) is 0. The number of hydrogen-bond donors (Lipinski definition) is 2. The van der Waals surface area contributed by atoms with Crippen LogP contribution in [0.2, 0.25) is 0 Å². The van der Waals surface area contributed by atoms with E-state index in [0.29, 0.717) is 11.1 Å². The van der Waals surface area contributed by atoms with E-state index < -0.39 is 17.7 Å². The number of rotatable bonds is 4. The molecule has 5 heteroatoms. The highest BCUT2D eigenvalue weighted by atomic mass is 19.1. The monoisotopic (exact) mass is 280 g/mol. The molecule has 0 aromatic heterocycles. The van der Waals surface area contributed by atoms with E-state index in [9.17, 15) is 13.2 Å². The molecular weight excluding hydrogens is 265 g/mol. The molecule has 3 N–H and O–H groups in total. The van der Waals surface area contributed by atoms with Crippen molar-refractivity contribution in [2.45, 2.75) is 19.4 Å². The average molecular weight is 280 g/mol. The maximum Gasteiger partial charge on any atom is 0.130 e. The van der Waals surface area contributed by atoms with E-state index in [1.165, 1.54) is 12.1 Å². The molecule has 0 amide bonds. The second-order valence-corrected chi connectivity index (χ2v) is 4.64. The van der Waals surface area contributed by atoms with Gasteiger partial charge in [0.2, 0.25) is 0 Å². The van der Waals surface area contributed by atoms with Crippen molar-refractivity contribution in [3.8, 4) is 0 Å². The number of hydrazine groups is 1. The van der Waals surface area contributed by atoms with Crippen molar-refractivity contribution in [1.29, 1.82) is 0 Å². The van der Waals surface area contributed by atoms with E-state index in [4.69, 9.17) is 5.84 Å². The normalized spacial score (nSPS) is 12.4. The predicted octanol–water partition coefficient (Wildman–Crippen LogP) is 3.16. The lowest BCUT2D eigenvalue weighted by Gasteiger charge is -2.18. The quantitative estimate of drug-likeness (QED) is 0.667. The van der Waals surface area contributed by atoms with Crippen LogP contribution in [0.3, 0.4) is 0 Å². The van der Waals surface area contributed by atoms with Crippen LogP contribution < -0.4 is 11.3 Å². The molecular formula is C15H15F3N2. The first-order valence-corrected chi connectivity index (χ1v) is 6.18. The average Bonchev–Trinajstić information content (AvgIpc) is 2.42. The van der Waals surface area contributed by atoms with E-state index in [2.05, 4.69) is 5.43 Å². The standard InChI is InChI=1S/C15H15F3N2/c1-9-3-2-4-12(15(9)18)14(20-19)7-10-5-6-11(16)8-13(10)17/h2-6,8,14,20H,7,19H2,1H3. The summed E-state index contributed by atoms with van der Waals surface area (Å²) in [6, 6.07) is 7.66. The molecule has 0 saturated heterocycles. The van der Waals surface area contributed by atoms with Gasteiger partial charge < -0.3 is 0 Å². The molecule has 106 valence electrons. The van der Waals surface area contributed by atoms with Crippen LogP contribution in [0.15, 0.2) is 36.4 Å². The minimum absolute atomic E-state index is 0.128. The van der Waals surface area contributed by atoms with Gasteiger partial charge >= 0.3 is 0 Å². The van der Waals surface area contributed by atoms with Crippen molar-refractivity contribution in [2.75, 3.05) is 0 Å². The number of hydrogen-bond acceptors (Lipinski definition) is 2. The van der Waals surface area contributed by atoms with Crippen molar-refractivity contribution in [3.63, 3.8) is 0 Å². The zero-order valence-electron chi connectivity index (χ0n) is 11.0. The minimum atomic E-state index is -0.668. The van der Waals surface area contributed by atoms with Gasteiger partial charge in [0, 0.05) is 11.6 Å². The number of aryl methyl sites for hydroxylation is 1. The highest BCUT2D eigenvalue weighted by molar-refractivity contribution is 5.30. The first-order chi connectivity index (χ1) is 9.52. The Morgan fingerprint density at radius 3 is 2.55 bits per heavy atom. The predicted molar refractivity (Wildman–Crippen MR) is 71.3 cm³/mol. The zero-order valence-corrected chi connectivity index (χ0v) is 11.0. The molecule has 0 spiro atoms.